The molecule has 1 aliphatic heterocycles. The Labute approximate surface area is 117 Å². The average molecular weight is 280 g/mol. The first-order valence-electron chi connectivity index (χ1n) is 7.11. The van der Waals surface area contributed by atoms with E-state index in [9.17, 15) is 19.8 Å². The fourth-order valence-corrected chi connectivity index (χ4v) is 4.55. The van der Waals surface area contributed by atoms with Gasteiger partial charge in [-0.25, -0.2) is 4.79 Å². The number of carbonyl (C=O) groups is 2. The highest BCUT2D eigenvalue weighted by molar-refractivity contribution is 5.91. The van der Waals surface area contributed by atoms with E-state index in [4.69, 9.17) is 4.74 Å². The molecular formula is C15H20O5. The number of hydrogen-bond acceptors (Lipinski definition) is 5. The largest absolute Gasteiger partial charge is 0.458 e. The molecule has 0 bridgehead atoms. The maximum atomic E-state index is 11.8. The van der Waals surface area contributed by atoms with E-state index in [0.29, 0.717) is 19.3 Å². The van der Waals surface area contributed by atoms with Crippen LogP contribution in [0.2, 0.25) is 0 Å². The maximum Gasteiger partial charge on any atom is 0.334 e. The van der Waals surface area contributed by atoms with Crippen LogP contribution in [-0.4, -0.2) is 40.8 Å². The van der Waals surface area contributed by atoms with Gasteiger partial charge in [0.05, 0.1) is 18.1 Å². The number of aliphatic hydroxyl groups is 2. The Bertz CT molecular complexity index is 473. The van der Waals surface area contributed by atoms with Crippen LogP contribution in [0.5, 0.6) is 0 Å². The Morgan fingerprint density at radius 1 is 1.40 bits per heavy atom. The van der Waals surface area contributed by atoms with Crippen molar-refractivity contribution in [3.05, 3.63) is 12.2 Å². The predicted octanol–water partition coefficient (Wildman–Crippen LogP) is 0.441. The summed E-state index contributed by atoms with van der Waals surface area (Å²) in [5, 5.41) is 20.7. The van der Waals surface area contributed by atoms with E-state index in [1.54, 1.807) is 0 Å². The molecule has 0 spiro atoms. The molecule has 0 unspecified atom stereocenters. The van der Waals surface area contributed by atoms with E-state index < -0.39 is 35.6 Å². The number of aldehydes is 1. The van der Waals surface area contributed by atoms with Gasteiger partial charge in [-0.1, -0.05) is 13.5 Å². The molecule has 7 atom stereocenters. The third kappa shape index (κ3) is 1.63. The second-order valence-electron chi connectivity index (χ2n) is 6.62. The minimum atomic E-state index is -0.764. The molecule has 20 heavy (non-hydrogen) atoms. The molecule has 0 aromatic carbocycles. The van der Waals surface area contributed by atoms with Crippen LogP contribution in [-0.2, 0) is 14.3 Å². The lowest BCUT2D eigenvalue weighted by Crippen LogP contribution is -2.59. The molecule has 2 saturated carbocycles. The second kappa shape index (κ2) is 4.40. The van der Waals surface area contributed by atoms with Gasteiger partial charge in [-0.05, 0) is 19.3 Å². The zero-order chi connectivity index (χ0) is 14.7. The lowest BCUT2D eigenvalue weighted by molar-refractivity contribution is -0.185. The third-order valence-electron chi connectivity index (χ3n) is 5.61. The number of esters is 1. The average Bonchev–Trinajstić information content (AvgIpc) is 2.68. The summed E-state index contributed by atoms with van der Waals surface area (Å²) in [5.74, 6) is -1.44. The first-order valence-corrected chi connectivity index (χ1v) is 7.11. The smallest absolute Gasteiger partial charge is 0.334 e. The van der Waals surface area contributed by atoms with Crippen LogP contribution >= 0.6 is 0 Å². The van der Waals surface area contributed by atoms with E-state index in [1.807, 2.05) is 6.92 Å². The lowest BCUT2D eigenvalue weighted by Gasteiger charge is -2.55. The van der Waals surface area contributed by atoms with Crippen molar-refractivity contribution in [3.63, 3.8) is 0 Å². The molecule has 2 N–H and O–H groups in total. The van der Waals surface area contributed by atoms with Crippen molar-refractivity contribution < 1.29 is 24.5 Å². The van der Waals surface area contributed by atoms with Crippen molar-refractivity contribution >= 4 is 12.3 Å². The lowest BCUT2D eigenvalue weighted by atomic mass is 9.52. The molecule has 0 aromatic heterocycles. The van der Waals surface area contributed by atoms with Crippen LogP contribution in [0.3, 0.4) is 0 Å². The SMILES string of the molecule is C=C1C(=O)O[C@@H]2[C@H]1[C@@H](O)C[C@]1(C)[C@@H]2[C@@H](C=O)CC[C@H]1O. The normalized spacial score (nSPS) is 51.1. The molecule has 1 heterocycles. The van der Waals surface area contributed by atoms with E-state index >= 15 is 0 Å². The Kier molecular flexibility index (Phi) is 3.03. The summed E-state index contributed by atoms with van der Waals surface area (Å²) in [6, 6.07) is 0. The van der Waals surface area contributed by atoms with Crippen molar-refractivity contribution in [1.29, 1.82) is 0 Å². The van der Waals surface area contributed by atoms with E-state index in [-0.39, 0.29) is 17.4 Å². The van der Waals surface area contributed by atoms with E-state index in [2.05, 4.69) is 6.58 Å². The van der Waals surface area contributed by atoms with Crippen LogP contribution in [0.15, 0.2) is 12.2 Å². The zero-order valence-electron chi connectivity index (χ0n) is 11.5. The van der Waals surface area contributed by atoms with Crippen LogP contribution < -0.4 is 0 Å². The third-order valence-corrected chi connectivity index (χ3v) is 5.61. The van der Waals surface area contributed by atoms with Crippen LogP contribution in [0, 0.1) is 23.2 Å². The van der Waals surface area contributed by atoms with Gasteiger partial charge in [-0.15, -0.1) is 0 Å². The van der Waals surface area contributed by atoms with Crippen molar-refractivity contribution in [3.8, 4) is 0 Å². The minimum absolute atomic E-state index is 0.248. The van der Waals surface area contributed by atoms with Crippen molar-refractivity contribution in [2.24, 2.45) is 23.2 Å². The van der Waals surface area contributed by atoms with Crippen LogP contribution in [0.1, 0.15) is 26.2 Å². The summed E-state index contributed by atoms with van der Waals surface area (Å²) in [5.41, 5.74) is -0.316. The molecule has 3 fully saturated rings. The summed E-state index contributed by atoms with van der Waals surface area (Å²) in [6.45, 7) is 5.60. The fourth-order valence-electron chi connectivity index (χ4n) is 4.55. The highest BCUT2D eigenvalue weighted by atomic mass is 16.6. The number of ether oxygens (including phenoxy) is 1. The van der Waals surface area contributed by atoms with Crippen molar-refractivity contribution in [1.82, 2.24) is 0 Å². The van der Waals surface area contributed by atoms with Crippen LogP contribution in [0.4, 0.5) is 0 Å². The molecule has 2 aliphatic carbocycles. The number of carbonyl (C=O) groups excluding carboxylic acids is 2. The summed E-state index contributed by atoms with van der Waals surface area (Å²) >= 11 is 0. The summed E-state index contributed by atoms with van der Waals surface area (Å²) in [4.78, 5) is 23.1. The molecule has 0 aromatic rings. The molecule has 3 aliphatic rings. The quantitative estimate of drug-likeness (QED) is 0.414. The van der Waals surface area contributed by atoms with E-state index in [0.717, 1.165) is 6.29 Å². The predicted molar refractivity (Wildman–Crippen MR) is 69.5 cm³/mol. The Balaban J connectivity index is 2.05. The highest BCUT2D eigenvalue weighted by Gasteiger charge is 2.62. The molecule has 0 amide bonds. The molecule has 5 heteroatoms. The molecule has 1 saturated heterocycles. The van der Waals surface area contributed by atoms with Gasteiger partial charge in [0.15, 0.2) is 0 Å². The Hall–Kier alpha value is -1.20. The summed E-state index contributed by atoms with van der Waals surface area (Å²) in [6.07, 6.45) is 0.489. The Morgan fingerprint density at radius 2 is 2.10 bits per heavy atom. The molecule has 3 rings (SSSR count). The minimum Gasteiger partial charge on any atom is -0.458 e. The standard InChI is InChI=1S/C15H20O5/c1-7-11-9(17)5-15(2)10(18)4-3-8(6-16)12(15)13(11)20-14(7)19/h6,8-13,17-18H,1,3-5H2,2H3/t8-,9+,10-,11-,12-,13-,15+/m1/s1. The monoisotopic (exact) mass is 280 g/mol. The van der Waals surface area contributed by atoms with Gasteiger partial charge in [0.25, 0.3) is 0 Å². The number of rotatable bonds is 1. The van der Waals surface area contributed by atoms with Gasteiger partial charge >= 0.3 is 5.97 Å². The molecule has 5 nitrogen and oxygen atoms in total. The van der Waals surface area contributed by atoms with Gasteiger partial charge in [-0.3, -0.25) is 0 Å². The first-order chi connectivity index (χ1) is 9.40. The van der Waals surface area contributed by atoms with Crippen LogP contribution in [0.25, 0.3) is 0 Å². The highest BCUT2D eigenvalue weighted by Crippen LogP contribution is 2.57. The second-order valence-corrected chi connectivity index (χ2v) is 6.62. The zero-order valence-corrected chi connectivity index (χ0v) is 11.5. The summed E-state index contributed by atoms with van der Waals surface area (Å²) < 4.78 is 5.39. The fraction of sp³-hybridized carbons (Fsp3) is 0.733. The van der Waals surface area contributed by atoms with Gasteiger partial charge in [0.1, 0.15) is 12.4 Å². The first kappa shape index (κ1) is 13.8. The van der Waals surface area contributed by atoms with E-state index in [1.165, 1.54) is 0 Å². The number of fused-ring (bicyclic) bond motifs is 3. The van der Waals surface area contributed by atoms with Gasteiger partial charge in [-0.2, -0.15) is 0 Å². The van der Waals surface area contributed by atoms with Crippen molar-refractivity contribution in [2.45, 2.75) is 44.5 Å². The number of aliphatic hydroxyl groups excluding tert-OH is 2. The number of hydrogen-bond donors (Lipinski definition) is 2. The Morgan fingerprint density at radius 3 is 2.75 bits per heavy atom. The maximum absolute atomic E-state index is 11.8. The molecular weight excluding hydrogens is 260 g/mol. The van der Waals surface area contributed by atoms with Crippen molar-refractivity contribution in [2.75, 3.05) is 0 Å². The molecule has 110 valence electrons. The molecule has 0 radical (unpaired) electrons. The van der Waals surface area contributed by atoms with Gasteiger partial charge < -0.3 is 19.7 Å². The van der Waals surface area contributed by atoms with Gasteiger partial charge in [0, 0.05) is 22.8 Å². The summed E-state index contributed by atoms with van der Waals surface area (Å²) in [7, 11) is 0. The van der Waals surface area contributed by atoms with Gasteiger partial charge in [0.2, 0.25) is 0 Å². The topological polar surface area (TPSA) is 83.8 Å².